The second-order valence-electron chi connectivity index (χ2n) is 10.9. The highest BCUT2D eigenvalue weighted by Gasteiger charge is 2.56. The summed E-state index contributed by atoms with van der Waals surface area (Å²) in [4.78, 5) is 51.4. The van der Waals surface area contributed by atoms with Crippen LogP contribution in [0.5, 0.6) is 5.75 Å². The van der Waals surface area contributed by atoms with Crippen LogP contribution >= 0.6 is 7.75 Å². The molecule has 3 N–H and O–H groups in total. The number of nitrogens with one attached hydrogen (secondary N) is 2. The van der Waals surface area contributed by atoms with Gasteiger partial charge in [-0.2, -0.15) is 5.09 Å². The Morgan fingerprint density at radius 1 is 1.11 bits per heavy atom. The van der Waals surface area contributed by atoms with Crippen molar-refractivity contribution < 1.29 is 42.2 Å². The third-order valence-electron chi connectivity index (χ3n) is 7.22. The second-order valence-corrected chi connectivity index (χ2v) is 12.6. The van der Waals surface area contributed by atoms with Gasteiger partial charge in [-0.1, -0.05) is 36.4 Å². The van der Waals surface area contributed by atoms with Gasteiger partial charge >= 0.3 is 19.4 Å². The minimum Gasteiger partial charge on any atom is -0.462 e. The predicted octanol–water partition coefficient (Wildman–Crippen LogP) is 2.87. The fraction of sp³-hybridized carbons (Fsp3) is 0.379. The number of benzene rings is 2. The van der Waals surface area contributed by atoms with E-state index in [-0.39, 0.29) is 11.5 Å². The fourth-order valence-electron chi connectivity index (χ4n) is 5.10. The molecule has 3 aromatic rings. The van der Waals surface area contributed by atoms with Crippen LogP contribution in [0.3, 0.4) is 0 Å². The molecule has 6 atom stereocenters. The summed E-state index contributed by atoms with van der Waals surface area (Å²) in [6, 6.07) is 11.2. The largest absolute Gasteiger partial charge is 0.462 e. The summed E-state index contributed by atoms with van der Waals surface area (Å²) in [5.74, 6) is -1.02. The van der Waals surface area contributed by atoms with Crippen molar-refractivity contribution in [1.82, 2.24) is 14.6 Å². The Balaban J connectivity index is 1.45. The van der Waals surface area contributed by atoms with E-state index in [1.807, 2.05) is 4.98 Å². The number of H-pyrrole nitrogens is 1. The van der Waals surface area contributed by atoms with Crippen molar-refractivity contribution >= 4 is 19.5 Å². The molecule has 0 saturated carbocycles. The van der Waals surface area contributed by atoms with Crippen molar-refractivity contribution in [3.63, 3.8) is 0 Å². The highest BCUT2D eigenvalue weighted by Crippen LogP contribution is 2.51. The lowest BCUT2D eigenvalue weighted by Crippen LogP contribution is -2.43. The number of rotatable bonds is 10. The number of aliphatic hydroxyl groups is 1. The van der Waals surface area contributed by atoms with Gasteiger partial charge in [0, 0.05) is 29.0 Å². The van der Waals surface area contributed by atoms with Crippen molar-refractivity contribution in [2.45, 2.75) is 63.9 Å². The van der Waals surface area contributed by atoms with E-state index in [2.05, 4.69) is 5.09 Å². The number of alkyl halides is 1. The molecule has 1 fully saturated rings. The molecular formula is C29H31FN3O10P. The lowest BCUT2D eigenvalue weighted by atomic mass is 9.98. The maximum atomic E-state index is 15.7. The van der Waals surface area contributed by atoms with E-state index in [9.17, 15) is 28.8 Å². The van der Waals surface area contributed by atoms with Gasteiger partial charge in [0.1, 0.15) is 24.0 Å². The Morgan fingerprint density at radius 2 is 1.80 bits per heavy atom. The highest BCUT2D eigenvalue weighted by molar-refractivity contribution is 7.52. The molecule has 1 aromatic heterocycles. The number of carbonyl (C=O) groups is 2. The molecule has 2 aliphatic rings. The number of carbonyl (C=O) groups excluding carboxylic acids is 2. The van der Waals surface area contributed by atoms with Crippen LogP contribution in [0.4, 0.5) is 4.39 Å². The number of ether oxygens (including phenoxy) is 2. The van der Waals surface area contributed by atoms with Gasteiger partial charge in [-0.25, -0.2) is 13.8 Å². The lowest BCUT2D eigenvalue weighted by Gasteiger charge is -2.26. The molecule has 0 bridgehead atoms. The maximum absolute atomic E-state index is 15.7. The number of nitrogens with zero attached hydrogens (tertiary/aromatic N) is 1. The normalized spacial score (nSPS) is 24.4. The Morgan fingerprint density at radius 3 is 2.48 bits per heavy atom. The van der Waals surface area contributed by atoms with Crippen molar-refractivity contribution in [2.24, 2.45) is 0 Å². The molecule has 13 nitrogen and oxygen atoms in total. The van der Waals surface area contributed by atoms with Crippen LogP contribution in [0.15, 0.2) is 64.3 Å². The van der Waals surface area contributed by atoms with E-state index in [4.69, 9.17) is 18.5 Å². The number of aromatic nitrogens is 2. The summed E-state index contributed by atoms with van der Waals surface area (Å²) < 4.78 is 53.1. The molecule has 1 unspecified atom stereocenters. The van der Waals surface area contributed by atoms with Gasteiger partial charge in [-0.05, 0) is 39.3 Å². The molecule has 0 amide bonds. The fourth-order valence-corrected chi connectivity index (χ4v) is 6.61. The van der Waals surface area contributed by atoms with E-state index in [1.54, 1.807) is 44.2 Å². The SMILES string of the molecule is CC(C)OC(=O)[C@H](C)NP(=O)(OC[C@H]1O[C@@H](n2ccc(=O)[nH]c2=O)[C@](C)(F)[C@@H]1O)Oc1cccc2c1-c1ccccc1C2=O. The number of fused-ring (bicyclic) bond motifs is 3. The Kier molecular flexibility index (Phi) is 8.49. The quantitative estimate of drug-likeness (QED) is 0.173. The van der Waals surface area contributed by atoms with Crippen LogP contribution in [0.25, 0.3) is 11.1 Å². The molecule has 0 radical (unpaired) electrons. The molecular weight excluding hydrogens is 600 g/mol. The number of hydrogen-bond donors (Lipinski definition) is 3. The number of aliphatic hydroxyl groups excluding tert-OH is 1. The van der Waals surface area contributed by atoms with Crippen LogP contribution in [-0.4, -0.2) is 63.0 Å². The van der Waals surface area contributed by atoms with E-state index < -0.39 is 67.8 Å². The van der Waals surface area contributed by atoms with Crippen LogP contribution < -0.4 is 20.9 Å². The Bertz CT molecular complexity index is 1770. The summed E-state index contributed by atoms with van der Waals surface area (Å²) in [6.45, 7) is 4.91. The minimum atomic E-state index is -4.58. The molecule has 2 aromatic carbocycles. The van der Waals surface area contributed by atoms with E-state index in [0.29, 0.717) is 22.3 Å². The third-order valence-corrected chi connectivity index (χ3v) is 8.85. The number of aromatic amines is 1. The number of esters is 1. The smallest absolute Gasteiger partial charge is 0.459 e. The molecule has 15 heteroatoms. The Labute approximate surface area is 250 Å². The molecule has 44 heavy (non-hydrogen) atoms. The summed E-state index contributed by atoms with van der Waals surface area (Å²) in [7, 11) is -4.58. The van der Waals surface area contributed by atoms with Crippen molar-refractivity contribution in [1.29, 1.82) is 0 Å². The summed E-state index contributed by atoms with van der Waals surface area (Å²) in [6.07, 6.45) is -4.50. The first kappa shape index (κ1) is 31.5. The van der Waals surface area contributed by atoms with Gasteiger partial charge in [-0.3, -0.25) is 28.5 Å². The molecule has 0 spiro atoms. The van der Waals surface area contributed by atoms with Crippen LogP contribution in [-0.2, 0) is 23.4 Å². The monoisotopic (exact) mass is 631 g/mol. The highest BCUT2D eigenvalue weighted by atomic mass is 31.2. The number of halogens is 1. The minimum absolute atomic E-state index is 0.00180. The van der Waals surface area contributed by atoms with Crippen LogP contribution in [0.1, 0.15) is 49.8 Å². The van der Waals surface area contributed by atoms with Crippen molar-refractivity contribution in [3.8, 4) is 16.9 Å². The topological polar surface area (TPSA) is 175 Å². The molecule has 1 aliphatic carbocycles. The average molecular weight is 632 g/mol. The van der Waals surface area contributed by atoms with Gasteiger partial charge in [0.05, 0.1) is 12.7 Å². The van der Waals surface area contributed by atoms with E-state index >= 15 is 4.39 Å². The maximum Gasteiger partial charge on any atom is 0.459 e. The van der Waals surface area contributed by atoms with Gasteiger partial charge in [0.25, 0.3) is 5.56 Å². The standard InChI is InChI=1S/C29H31FN3O10P/c1-15(2)41-26(37)16(3)32-44(39,43-20-11-7-10-19-23(20)17-8-5-6-9-18(17)24(19)35)40-14-21-25(36)29(4,30)27(42-21)33-13-12-22(34)31-28(33)38/h5-13,15-16,21,25,27,36H,14H2,1-4H3,(H,32,39)(H,31,34,38)/t16-,21+,25+,27+,29+,44?/m0/s1. The van der Waals surface area contributed by atoms with Crippen LogP contribution in [0.2, 0.25) is 0 Å². The first-order chi connectivity index (χ1) is 20.7. The zero-order valence-electron chi connectivity index (χ0n) is 24.2. The Hall–Kier alpha value is -3.94. The lowest BCUT2D eigenvalue weighted by molar-refractivity contribution is -0.149. The third kappa shape index (κ3) is 5.91. The number of hydrogen-bond acceptors (Lipinski definition) is 10. The van der Waals surface area contributed by atoms with Gasteiger partial charge in [-0.15, -0.1) is 0 Å². The summed E-state index contributed by atoms with van der Waals surface area (Å²) >= 11 is 0. The van der Waals surface area contributed by atoms with Gasteiger partial charge in [0.15, 0.2) is 17.7 Å². The molecule has 1 aliphatic heterocycles. The van der Waals surface area contributed by atoms with Gasteiger partial charge < -0.3 is 19.1 Å². The van der Waals surface area contributed by atoms with Gasteiger partial charge in [0.2, 0.25) is 0 Å². The van der Waals surface area contributed by atoms with Crippen molar-refractivity contribution in [2.75, 3.05) is 6.61 Å². The summed E-state index contributed by atoms with van der Waals surface area (Å²) in [5, 5.41) is 13.3. The second kappa shape index (κ2) is 11.9. The first-order valence-electron chi connectivity index (χ1n) is 13.8. The molecule has 2 heterocycles. The molecule has 1 saturated heterocycles. The zero-order chi connectivity index (χ0) is 32.0. The van der Waals surface area contributed by atoms with E-state index in [1.165, 1.54) is 19.1 Å². The first-order valence-corrected chi connectivity index (χ1v) is 15.3. The zero-order valence-corrected chi connectivity index (χ0v) is 25.1. The summed E-state index contributed by atoms with van der Waals surface area (Å²) in [5.41, 5.74) is -2.60. The van der Waals surface area contributed by atoms with Crippen molar-refractivity contribution in [3.05, 3.63) is 86.7 Å². The predicted molar refractivity (Wildman–Crippen MR) is 154 cm³/mol. The molecule has 234 valence electrons. The molecule has 5 rings (SSSR count). The average Bonchev–Trinajstić information content (AvgIpc) is 3.37. The number of ketones is 1. The van der Waals surface area contributed by atoms with Crippen LogP contribution in [0, 0.1) is 0 Å². The van der Waals surface area contributed by atoms with E-state index in [0.717, 1.165) is 23.8 Å².